The molecule has 1 fully saturated rings. The second-order valence-corrected chi connectivity index (χ2v) is 7.53. The largest absolute Gasteiger partial charge is 0.391 e. The van der Waals surface area contributed by atoms with Crippen LogP contribution in [-0.2, 0) is 21.2 Å². The van der Waals surface area contributed by atoms with E-state index < -0.39 is 16.1 Å². The number of sulfonamides is 1. The van der Waals surface area contributed by atoms with Gasteiger partial charge >= 0.3 is 0 Å². The maximum Gasteiger partial charge on any atom is 0.240 e. The fraction of sp³-hybridized carbons (Fsp3) is 0.533. The standard InChI is InChI=1S/C15H23N3O4S/c1-16-23(21,22)13-5-2-11(3-6-13)4-7-15(20)18-9-12-8-17-10-14(12)19/h2-3,5-6,12,14,16-17,19H,4,7-10H2,1H3,(H,18,20). The first kappa shape index (κ1) is 17.9. The molecule has 1 aromatic rings. The topological polar surface area (TPSA) is 108 Å². The van der Waals surface area contributed by atoms with Crippen LogP contribution in [0.15, 0.2) is 29.2 Å². The molecule has 0 aromatic heterocycles. The van der Waals surface area contributed by atoms with Crippen LogP contribution in [0, 0.1) is 5.92 Å². The summed E-state index contributed by atoms with van der Waals surface area (Å²) in [7, 11) is -2.06. The molecule has 7 nitrogen and oxygen atoms in total. The van der Waals surface area contributed by atoms with Gasteiger partial charge in [0.05, 0.1) is 11.0 Å². The molecule has 0 saturated carbocycles. The van der Waals surface area contributed by atoms with E-state index in [1.54, 1.807) is 12.1 Å². The van der Waals surface area contributed by atoms with Gasteiger partial charge in [-0.2, -0.15) is 0 Å². The Bertz CT molecular complexity index is 631. The summed E-state index contributed by atoms with van der Waals surface area (Å²) >= 11 is 0. The number of amides is 1. The lowest BCUT2D eigenvalue weighted by Gasteiger charge is -2.14. The Morgan fingerprint density at radius 2 is 2.00 bits per heavy atom. The maximum atomic E-state index is 11.8. The van der Waals surface area contributed by atoms with Crippen molar-refractivity contribution in [2.75, 3.05) is 26.7 Å². The van der Waals surface area contributed by atoms with E-state index in [0.29, 0.717) is 32.5 Å². The van der Waals surface area contributed by atoms with E-state index in [1.807, 2.05) is 0 Å². The molecular weight excluding hydrogens is 318 g/mol. The van der Waals surface area contributed by atoms with Crippen molar-refractivity contribution in [2.24, 2.45) is 5.92 Å². The normalized spacial score (nSPS) is 21.3. The van der Waals surface area contributed by atoms with Gasteiger partial charge in [0.25, 0.3) is 0 Å². The fourth-order valence-electron chi connectivity index (χ4n) is 2.47. The minimum absolute atomic E-state index is 0.0602. The Kier molecular flexibility index (Phi) is 6.11. The van der Waals surface area contributed by atoms with Gasteiger partial charge in [0.2, 0.25) is 15.9 Å². The lowest BCUT2D eigenvalue weighted by Crippen LogP contribution is -2.34. The highest BCUT2D eigenvalue weighted by molar-refractivity contribution is 7.89. The van der Waals surface area contributed by atoms with E-state index in [9.17, 15) is 18.3 Å². The zero-order valence-electron chi connectivity index (χ0n) is 13.1. The molecule has 1 aliphatic heterocycles. The molecule has 128 valence electrons. The van der Waals surface area contributed by atoms with Crippen molar-refractivity contribution in [3.8, 4) is 0 Å². The number of rotatable bonds is 7. The third-order valence-corrected chi connectivity index (χ3v) is 5.44. The van der Waals surface area contributed by atoms with Gasteiger partial charge in [-0.3, -0.25) is 4.79 Å². The number of carbonyl (C=O) groups excluding carboxylic acids is 1. The van der Waals surface area contributed by atoms with E-state index in [0.717, 1.165) is 5.56 Å². The molecule has 23 heavy (non-hydrogen) atoms. The molecule has 0 bridgehead atoms. The summed E-state index contributed by atoms with van der Waals surface area (Å²) in [4.78, 5) is 12.0. The van der Waals surface area contributed by atoms with Crippen molar-refractivity contribution in [2.45, 2.75) is 23.8 Å². The van der Waals surface area contributed by atoms with Gasteiger partial charge in [-0.15, -0.1) is 0 Å². The first-order chi connectivity index (χ1) is 10.9. The lowest BCUT2D eigenvalue weighted by molar-refractivity contribution is -0.121. The van der Waals surface area contributed by atoms with Crippen molar-refractivity contribution < 1.29 is 18.3 Å². The molecule has 2 unspecified atom stereocenters. The van der Waals surface area contributed by atoms with Crippen LogP contribution in [0.3, 0.4) is 0 Å². The zero-order chi connectivity index (χ0) is 16.9. The lowest BCUT2D eigenvalue weighted by atomic mass is 10.1. The number of carbonyl (C=O) groups is 1. The third kappa shape index (κ3) is 5.00. The second kappa shape index (κ2) is 7.87. The van der Waals surface area contributed by atoms with Crippen LogP contribution in [0.25, 0.3) is 0 Å². The molecule has 2 rings (SSSR count). The van der Waals surface area contributed by atoms with Gasteiger partial charge in [-0.25, -0.2) is 13.1 Å². The number of aliphatic hydroxyl groups excluding tert-OH is 1. The first-order valence-electron chi connectivity index (χ1n) is 7.60. The number of aliphatic hydroxyl groups is 1. The number of hydrogen-bond donors (Lipinski definition) is 4. The monoisotopic (exact) mass is 341 g/mol. The Morgan fingerprint density at radius 3 is 2.57 bits per heavy atom. The summed E-state index contributed by atoms with van der Waals surface area (Å²) in [6.45, 7) is 1.75. The van der Waals surface area contributed by atoms with E-state index in [2.05, 4.69) is 15.4 Å². The van der Waals surface area contributed by atoms with Crippen LogP contribution < -0.4 is 15.4 Å². The van der Waals surface area contributed by atoms with Crippen LogP contribution in [-0.4, -0.2) is 52.2 Å². The number of β-amino-alcohol motifs (C(OH)–C–C–N with tert-alkyl or cyclic N) is 1. The third-order valence-electron chi connectivity index (χ3n) is 4.01. The molecule has 0 radical (unpaired) electrons. The molecule has 0 aliphatic carbocycles. The van der Waals surface area contributed by atoms with E-state index in [1.165, 1.54) is 19.2 Å². The van der Waals surface area contributed by atoms with Gasteiger partial charge in [-0.1, -0.05) is 12.1 Å². The summed E-state index contributed by atoms with van der Waals surface area (Å²) in [6.07, 6.45) is 0.461. The SMILES string of the molecule is CNS(=O)(=O)c1ccc(CCC(=O)NCC2CNCC2O)cc1. The summed E-state index contributed by atoms with van der Waals surface area (Å²) in [5.41, 5.74) is 0.901. The van der Waals surface area contributed by atoms with Crippen molar-refractivity contribution in [3.05, 3.63) is 29.8 Å². The molecule has 8 heteroatoms. The van der Waals surface area contributed by atoms with Gasteiger partial charge in [-0.05, 0) is 31.2 Å². The molecule has 2 atom stereocenters. The van der Waals surface area contributed by atoms with Crippen molar-refractivity contribution in [1.82, 2.24) is 15.4 Å². The Hall–Kier alpha value is -1.48. The summed E-state index contributed by atoms with van der Waals surface area (Å²) in [5, 5.41) is 15.5. The van der Waals surface area contributed by atoms with Crippen LogP contribution in [0.5, 0.6) is 0 Å². The highest BCUT2D eigenvalue weighted by Gasteiger charge is 2.24. The highest BCUT2D eigenvalue weighted by Crippen LogP contribution is 2.12. The molecular formula is C15H23N3O4S. The predicted octanol–water partition coefficient (Wildman–Crippen LogP) is -0.776. The van der Waals surface area contributed by atoms with E-state index in [-0.39, 0.29) is 16.7 Å². The Labute approximate surface area is 136 Å². The number of nitrogens with one attached hydrogen (secondary N) is 3. The van der Waals surface area contributed by atoms with E-state index in [4.69, 9.17) is 0 Å². The highest BCUT2D eigenvalue weighted by atomic mass is 32.2. The van der Waals surface area contributed by atoms with Gasteiger partial charge in [0.15, 0.2) is 0 Å². The van der Waals surface area contributed by atoms with Gasteiger partial charge in [0.1, 0.15) is 0 Å². The minimum atomic E-state index is -3.43. The summed E-state index contributed by atoms with van der Waals surface area (Å²) in [6, 6.07) is 6.48. The first-order valence-corrected chi connectivity index (χ1v) is 9.08. The zero-order valence-corrected chi connectivity index (χ0v) is 13.9. The molecule has 1 amide bonds. The number of benzene rings is 1. The average molecular weight is 341 g/mol. The molecule has 1 aromatic carbocycles. The van der Waals surface area contributed by atoms with Gasteiger partial charge < -0.3 is 15.7 Å². The summed E-state index contributed by atoms with van der Waals surface area (Å²) < 4.78 is 25.5. The van der Waals surface area contributed by atoms with Crippen LogP contribution >= 0.6 is 0 Å². The van der Waals surface area contributed by atoms with E-state index >= 15 is 0 Å². The molecule has 1 heterocycles. The fourth-order valence-corrected chi connectivity index (χ4v) is 3.20. The minimum Gasteiger partial charge on any atom is -0.391 e. The summed E-state index contributed by atoms with van der Waals surface area (Å²) in [5.74, 6) is -0.0130. The van der Waals surface area contributed by atoms with Gasteiger partial charge in [0, 0.05) is 32.0 Å². The van der Waals surface area contributed by atoms with Crippen LogP contribution in [0.4, 0.5) is 0 Å². The van der Waals surface area contributed by atoms with Crippen molar-refractivity contribution in [3.63, 3.8) is 0 Å². The second-order valence-electron chi connectivity index (χ2n) is 5.64. The number of hydrogen-bond acceptors (Lipinski definition) is 5. The average Bonchev–Trinajstić information content (AvgIpc) is 2.96. The van der Waals surface area contributed by atoms with Crippen LogP contribution in [0.2, 0.25) is 0 Å². The van der Waals surface area contributed by atoms with Crippen molar-refractivity contribution >= 4 is 15.9 Å². The maximum absolute atomic E-state index is 11.8. The molecule has 1 aliphatic rings. The molecule has 1 saturated heterocycles. The molecule has 0 spiro atoms. The van der Waals surface area contributed by atoms with Crippen molar-refractivity contribution in [1.29, 1.82) is 0 Å². The molecule has 4 N–H and O–H groups in total. The Morgan fingerprint density at radius 1 is 1.30 bits per heavy atom. The quantitative estimate of drug-likeness (QED) is 0.521. The smallest absolute Gasteiger partial charge is 0.240 e. The number of aryl methyl sites for hydroxylation is 1. The Balaban J connectivity index is 1.78. The predicted molar refractivity (Wildman–Crippen MR) is 86.4 cm³/mol. The van der Waals surface area contributed by atoms with Crippen LogP contribution in [0.1, 0.15) is 12.0 Å².